The topological polar surface area (TPSA) is 66.4 Å². The molecule has 1 saturated carbocycles. The molecule has 0 spiro atoms. The summed E-state index contributed by atoms with van der Waals surface area (Å²) in [5.41, 5.74) is 0.904. The number of halogens is 1. The smallest absolute Gasteiger partial charge is 0.307 e. The van der Waals surface area contributed by atoms with Gasteiger partial charge in [-0.05, 0) is 36.0 Å². The van der Waals surface area contributed by atoms with Gasteiger partial charge in [-0.25, -0.2) is 0 Å². The van der Waals surface area contributed by atoms with Crippen molar-refractivity contribution in [2.75, 3.05) is 0 Å². The van der Waals surface area contributed by atoms with Crippen LogP contribution in [0.25, 0.3) is 0 Å². The largest absolute Gasteiger partial charge is 0.481 e. The summed E-state index contributed by atoms with van der Waals surface area (Å²) in [6, 6.07) is 7.26. The van der Waals surface area contributed by atoms with Crippen molar-refractivity contribution < 1.29 is 14.7 Å². The van der Waals surface area contributed by atoms with Gasteiger partial charge in [0.25, 0.3) is 0 Å². The van der Waals surface area contributed by atoms with Gasteiger partial charge in [0.05, 0.1) is 11.8 Å². The lowest BCUT2D eigenvalue weighted by Gasteiger charge is -2.23. The van der Waals surface area contributed by atoms with E-state index in [-0.39, 0.29) is 17.7 Å². The number of allylic oxidation sites excluding steroid dienone is 2. The first-order chi connectivity index (χ1) is 10.1. The average Bonchev–Trinajstić information content (AvgIpc) is 3.05. The molecule has 4 atom stereocenters. The summed E-state index contributed by atoms with van der Waals surface area (Å²) in [4.78, 5) is 23.8. The van der Waals surface area contributed by atoms with Crippen molar-refractivity contribution in [2.24, 2.45) is 23.7 Å². The van der Waals surface area contributed by atoms with Crippen LogP contribution in [-0.2, 0) is 16.1 Å². The lowest BCUT2D eigenvalue weighted by atomic mass is 9.82. The summed E-state index contributed by atoms with van der Waals surface area (Å²) in [5.74, 6) is -2.07. The highest BCUT2D eigenvalue weighted by Gasteiger charge is 2.51. The van der Waals surface area contributed by atoms with Crippen molar-refractivity contribution in [2.45, 2.75) is 13.0 Å². The number of hydrogen-bond acceptors (Lipinski definition) is 2. The van der Waals surface area contributed by atoms with E-state index in [1.165, 1.54) is 0 Å². The number of fused-ring (bicyclic) bond motifs is 2. The molecule has 1 aromatic carbocycles. The number of amides is 1. The van der Waals surface area contributed by atoms with E-state index < -0.39 is 17.8 Å². The van der Waals surface area contributed by atoms with Gasteiger partial charge in [0, 0.05) is 11.6 Å². The highest BCUT2D eigenvalue weighted by molar-refractivity contribution is 6.30. The zero-order chi connectivity index (χ0) is 15.0. The third-order valence-corrected chi connectivity index (χ3v) is 4.64. The van der Waals surface area contributed by atoms with E-state index in [1.54, 1.807) is 12.1 Å². The SMILES string of the molecule is O=C(NCc1cccc(Cl)c1)[C@@H]1[C@H](C(=O)O)[C@@H]2C=C[C@H]1C2. The van der Waals surface area contributed by atoms with Crippen LogP contribution in [0.1, 0.15) is 12.0 Å². The number of aliphatic carboxylic acids is 1. The summed E-state index contributed by atoms with van der Waals surface area (Å²) < 4.78 is 0. The maximum absolute atomic E-state index is 12.4. The van der Waals surface area contributed by atoms with E-state index in [4.69, 9.17) is 11.6 Å². The highest BCUT2D eigenvalue weighted by atomic mass is 35.5. The molecular weight excluding hydrogens is 290 g/mol. The molecule has 21 heavy (non-hydrogen) atoms. The van der Waals surface area contributed by atoms with Gasteiger partial charge in [-0.2, -0.15) is 0 Å². The Kier molecular flexibility index (Phi) is 3.72. The molecule has 0 saturated heterocycles. The van der Waals surface area contributed by atoms with Gasteiger partial charge < -0.3 is 10.4 Å². The van der Waals surface area contributed by atoms with E-state index in [9.17, 15) is 14.7 Å². The van der Waals surface area contributed by atoms with Gasteiger partial charge in [0.2, 0.25) is 5.91 Å². The van der Waals surface area contributed by atoms with Gasteiger partial charge >= 0.3 is 5.97 Å². The normalized spacial score (nSPS) is 29.6. The standard InChI is InChI=1S/C16H16ClNO3/c17-12-3-1-2-9(6-12)8-18-15(19)13-10-4-5-11(7-10)14(13)16(20)21/h1-6,10-11,13-14H,7-8H2,(H,18,19)(H,20,21)/t10-,11+,13-,14+/m0/s1. The molecule has 1 fully saturated rings. The maximum Gasteiger partial charge on any atom is 0.307 e. The lowest BCUT2D eigenvalue weighted by Crippen LogP contribution is -2.39. The van der Waals surface area contributed by atoms with Gasteiger partial charge in [-0.15, -0.1) is 0 Å². The molecule has 0 heterocycles. The van der Waals surface area contributed by atoms with Crippen LogP contribution in [-0.4, -0.2) is 17.0 Å². The van der Waals surface area contributed by atoms with E-state index in [0.29, 0.717) is 11.6 Å². The average molecular weight is 306 g/mol. The van der Waals surface area contributed by atoms with Crippen molar-refractivity contribution in [3.05, 3.63) is 47.0 Å². The first-order valence-corrected chi connectivity index (χ1v) is 7.37. The fourth-order valence-electron chi connectivity index (χ4n) is 3.47. The number of carboxylic acids is 1. The fraction of sp³-hybridized carbons (Fsp3) is 0.375. The van der Waals surface area contributed by atoms with Crippen molar-refractivity contribution in [3.8, 4) is 0 Å². The molecule has 3 rings (SSSR count). The summed E-state index contributed by atoms with van der Waals surface area (Å²) in [6.07, 6.45) is 4.68. The number of carbonyl (C=O) groups is 2. The zero-order valence-corrected chi connectivity index (χ0v) is 12.1. The molecule has 2 aliphatic rings. The predicted molar refractivity (Wildman–Crippen MR) is 78.7 cm³/mol. The number of carboxylic acid groups (broad SMARTS) is 1. The van der Waals surface area contributed by atoms with Crippen molar-refractivity contribution in [1.82, 2.24) is 5.32 Å². The number of benzene rings is 1. The summed E-state index contributed by atoms with van der Waals surface area (Å²) in [7, 11) is 0. The van der Waals surface area contributed by atoms with Crippen molar-refractivity contribution >= 4 is 23.5 Å². The summed E-state index contributed by atoms with van der Waals surface area (Å²) in [6.45, 7) is 0.364. The van der Waals surface area contributed by atoms with Crippen LogP contribution < -0.4 is 5.32 Å². The molecular formula is C16H16ClNO3. The Balaban J connectivity index is 1.68. The minimum atomic E-state index is -0.880. The molecule has 2 bridgehead atoms. The Bertz CT molecular complexity index is 613. The van der Waals surface area contributed by atoms with Crippen LogP contribution in [0.3, 0.4) is 0 Å². The van der Waals surface area contributed by atoms with Crippen LogP contribution in [0.15, 0.2) is 36.4 Å². The second-order valence-corrected chi connectivity index (χ2v) is 6.12. The minimum absolute atomic E-state index is 0.00517. The van der Waals surface area contributed by atoms with Gasteiger partial charge in [-0.3, -0.25) is 9.59 Å². The van der Waals surface area contributed by atoms with Crippen LogP contribution in [0.2, 0.25) is 5.02 Å². The fourth-order valence-corrected chi connectivity index (χ4v) is 3.68. The Morgan fingerprint density at radius 1 is 1.24 bits per heavy atom. The number of carbonyl (C=O) groups excluding carboxylic acids is 1. The van der Waals surface area contributed by atoms with E-state index in [1.807, 2.05) is 24.3 Å². The Hall–Kier alpha value is -1.81. The quantitative estimate of drug-likeness (QED) is 0.840. The second kappa shape index (κ2) is 5.53. The molecule has 2 N–H and O–H groups in total. The number of rotatable bonds is 4. The molecule has 1 amide bonds. The van der Waals surface area contributed by atoms with E-state index in [0.717, 1.165) is 12.0 Å². The first kappa shape index (κ1) is 14.1. The van der Waals surface area contributed by atoms with Crippen molar-refractivity contribution in [1.29, 1.82) is 0 Å². The minimum Gasteiger partial charge on any atom is -0.481 e. The van der Waals surface area contributed by atoms with Crippen LogP contribution in [0.4, 0.5) is 0 Å². The van der Waals surface area contributed by atoms with Crippen LogP contribution in [0.5, 0.6) is 0 Å². The molecule has 2 aliphatic carbocycles. The molecule has 0 unspecified atom stereocenters. The summed E-state index contributed by atoms with van der Waals surface area (Å²) in [5, 5.41) is 12.8. The lowest BCUT2D eigenvalue weighted by molar-refractivity contribution is -0.147. The molecule has 0 aliphatic heterocycles. The third kappa shape index (κ3) is 2.68. The molecule has 0 radical (unpaired) electrons. The zero-order valence-electron chi connectivity index (χ0n) is 11.3. The number of hydrogen-bond donors (Lipinski definition) is 2. The second-order valence-electron chi connectivity index (χ2n) is 5.69. The molecule has 0 aromatic heterocycles. The van der Waals surface area contributed by atoms with E-state index in [2.05, 4.69) is 5.32 Å². The van der Waals surface area contributed by atoms with Gasteiger partial charge in [-0.1, -0.05) is 35.9 Å². The molecule has 1 aromatic rings. The Labute approximate surface area is 127 Å². The Morgan fingerprint density at radius 2 is 1.95 bits per heavy atom. The van der Waals surface area contributed by atoms with Crippen LogP contribution >= 0.6 is 11.6 Å². The van der Waals surface area contributed by atoms with Crippen LogP contribution in [0, 0.1) is 23.7 Å². The first-order valence-electron chi connectivity index (χ1n) is 6.99. The third-order valence-electron chi connectivity index (χ3n) is 4.40. The molecule has 110 valence electrons. The van der Waals surface area contributed by atoms with Crippen molar-refractivity contribution in [3.63, 3.8) is 0 Å². The molecule has 4 nitrogen and oxygen atoms in total. The van der Waals surface area contributed by atoms with Gasteiger partial charge in [0.15, 0.2) is 0 Å². The number of nitrogens with one attached hydrogen (secondary N) is 1. The van der Waals surface area contributed by atoms with Gasteiger partial charge in [0.1, 0.15) is 0 Å². The maximum atomic E-state index is 12.4. The monoisotopic (exact) mass is 305 g/mol. The molecule has 5 heteroatoms. The Morgan fingerprint density at radius 3 is 2.62 bits per heavy atom. The van der Waals surface area contributed by atoms with E-state index >= 15 is 0 Å². The summed E-state index contributed by atoms with van der Waals surface area (Å²) >= 11 is 5.90. The highest BCUT2D eigenvalue weighted by Crippen LogP contribution is 2.48. The predicted octanol–water partition coefficient (Wildman–Crippen LogP) is 2.48.